The summed E-state index contributed by atoms with van der Waals surface area (Å²) in [7, 11) is 0. The Morgan fingerprint density at radius 3 is 2.84 bits per heavy atom. The summed E-state index contributed by atoms with van der Waals surface area (Å²) in [5.41, 5.74) is 3.50. The molecule has 0 radical (unpaired) electrons. The second kappa shape index (κ2) is 9.25. The Hall–Kier alpha value is -4.27. The molecule has 2 aromatic carbocycles. The minimum absolute atomic E-state index is 0.240. The van der Waals surface area contributed by atoms with Crippen molar-refractivity contribution < 1.29 is 19.1 Å². The number of nitrogens with zero attached hydrogens (tertiary/aromatic N) is 3. The van der Waals surface area contributed by atoms with E-state index in [0.717, 1.165) is 16.8 Å². The molecule has 2 N–H and O–H groups in total. The summed E-state index contributed by atoms with van der Waals surface area (Å²) in [4.78, 5) is 36.0. The van der Waals surface area contributed by atoms with Gasteiger partial charge in [0.05, 0.1) is 24.0 Å². The van der Waals surface area contributed by atoms with E-state index in [0.29, 0.717) is 17.7 Å². The number of carbonyl (C=O) groups is 3. The highest BCUT2D eigenvalue weighted by atomic mass is 16.5. The second-order valence-corrected chi connectivity index (χ2v) is 7.22. The van der Waals surface area contributed by atoms with Crippen molar-refractivity contribution in [3.05, 3.63) is 89.8 Å². The molecule has 0 bridgehead atoms. The van der Waals surface area contributed by atoms with E-state index in [1.165, 1.54) is 6.08 Å². The Bertz CT molecular complexity index is 1190. The van der Waals surface area contributed by atoms with Gasteiger partial charge in [-0.1, -0.05) is 42.1 Å². The monoisotopic (exact) mass is 431 g/mol. The van der Waals surface area contributed by atoms with Gasteiger partial charge in [-0.3, -0.25) is 9.59 Å². The molecule has 162 valence electrons. The fraction of sp³-hybridized carbons (Fsp3) is 0.174. The van der Waals surface area contributed by atoms with Gasteiger partial charge in [0.1, 0.15) is 5.69 Å². The Kier molecular flexibility index (Phi) is 6.07. The average molecular weight is 431 g/mol. The fourth-order valence-electron chi connectivity index (χ4n) is 3.35. The molecule has 2 amide bonds. The van der Waals surface area contributed by atoms with Crippen LogP contribution in [0.1, 0.15) is 27.2 Å². The zero-order chi connectivity index (χ0) is 22.5. The van der Waals surface area contributed by atoms with Crippen LogP contribution < -0.4 is 10.6 Å². The molecule has 3 aromatic rings. The number of amides is 2. The highest BCUT2D eigenvalue weighted by Crippen LogP contribution is 2.20. The lowest BCUT2D eigenvalue weighted by atomic mass is 9.98. The molecule has 1 aromatic heterocycles. The van der Waals surface area contributed by atoms with Gasteiger partial charge >= 0.3 is 5.97 Å². The normalized spacial score (nSPS) is 14.8. The van der Waals surface area contributed by atoms with E-state index >= 15 is 0 Å². The van der Waals surface area contributed by atoms with Crippen molar-refractivity contribution in [3.63, 3.8) is 0 Å². The zero-order valence-corrected chi connectivity index (χ0v) is 17.2. The molecule has 0 fully saturated rings. The molecule has 0 saturated carbocycles. The number of benzene rings is 2. The number of ether oxygens (including phenoxy) is 1. The van der Waals surface area contributed by atoms with E-state index in [4.69, 9.17) is 4.74 Å². The van der Waals surface area contributed by atoms with Crippen LogP contribution in [0.15, 0.2) is 67.4 Å². The molecule has 0 saturated heterocycles. The standard InChI is InChI=1S/C23H21N5O4/c1-2-21(29)24-13-17-14-28(27-26-17)18-8-5-6-15(10-18)12-25-22(30)20-11-16-7-3-4-9-19(16)23(31)32-20/h2-10,14,20H,1,11-13H2,(H,24,29)(H,25,30). The number of cyclic esters (lactones) is 1. The van der Waals surface area contributed by atoms with Gasteiger partial charge < -0.3 is 15.4 Å². The van der Waals surface area contributed by atoms with Crippen LogP contribution in [0.3, 0.4) is 0 Å². The first kappa shape index (κ1) is 21.0. The summed E-state index contributed by atoms with van der Waals surface area (Å²) in [6, 6.07) is 14.6. The van der Waals surface area contributed by atoms with Crippen molar-refractivity contribution in [1.82, 2.24) is 25.6 Å². The lowest BCUT2D eigenvalue weighted by Crippen LogP contribution is -2.41. The number of esters is 1. The summed E-state index contributed by atoms with van der Waals surface area (Å²) in [5, 5.41) is 13.6. The zero-order valence-electron chi connectivity index (χ0n) is 17.2. The first-order chi connectivity index (χ1) is 15.5. The molecule has 1 unspecified atom stereocenters. The molecule has 1 aliphatic heterocycles. The predicted octanol–water partition coefficient (Wildman–Crippen LogP) is 1.47. The number of hydrogen-bond donors (Lipinski definition) is 2. The molecule has 2 heterocycles. The Labute approximate surface area is 184 Å². The molecule has 32 heavy (non-hydrogen) atoms. The van der Waals surface area contributed by atoms with Crippen LogP contribution in [-0.2, 0) is 33.8 Å². The van der Waals surface area contributed by atoms with Gasteiger partial charge in [-0.15, -0.1) is 5.10 Å². The molecular weight excluding hydrogens is 410 g/mol. The van der Waals surface area contributed by atoms with Crippen LogP contribution in [0.25, 0.3) is 5.69 Å². The number of nitrogens with one attached hydrogen (secondary N) is 2. The minimum atomic E-state index is -0.857. The van der Waals surface area contributed by atoms with Crippen molar-refractivity contribution in [2.45, 2.75) is 25.6 Å². The van der Waals surface area contributed by atoms with E-state index in [9.17, 15) is 14.4 Å². The third-order valence-corrected chi connectivity index (χ3v) is 5.00. The summed E-state index contributed by atoms with van der Waals surface area (Å²) < 4.78 is 6.88. The third kappa shape index (κ3) is 4.72. The molecule has 0 aliphatic carbocycles. The van der Waals surface area contributed by atoms with Crippen LogP contribution in [0.5, 0.6) is 0 Å². The summed E-state index contributed by atoms with van der Waals surface area (Å²) in [6.07, 6.45) is 2.39. The molecule has 4 rings (SSSR count). The van der Waals surface area contributed by atoms with Gasteiger partial charge in [0, 0.05) is 13.0 Å². The average Bonchev–Trinajstić information content (AvgIpc) is 3.30. The van der Waals surface area contributed by atoms with Gasteiger partial charge in [0.2, 0.25) is 5.91 Å². The number of rotatable bonds is 7. The number of aromatic nitrogens is 3. The van der Waals surface area contributed by atoms with Crippen molar-refractivity contribution >= 4 is 17.8 Å². The fourth-order valence-corrected chi connectivity index (χ4v) is 3.35. The second-order valence-electron chi connectivity index (χ2n) is 7.22. The van der Waals surface area contributed by atoms with Crippen LogP contribution in [0.2, 0.25) is 0 Å². The van der Waals surface area contributed by atoms with E-state index < -0.39 is 12.1 Å². The Morgan fingerprint density at radius 2 is 2.00 bits per heavy atom. The molecule has 9 heteroatoms. The topological polar surface area (TPSA) is 115 Å². The quantitative estimate of drug-likeness (QED) is 0.432. The molecular formula is C23H21N5O4. The minimum Gasteiger partial charge on any atom is -0.448 e. The molecule has 1 atom stereocenters. The maximum atomic E-state index is 12.6. The Balaban J connectivity index is 1.37. The van der Waals surface area contributed by atoms with E-state index in [2.05, 4.69) is 27.5 Å². The lowest BCUT2D eigenvalue weighted by Gasteiger charge is -2.23. The van der Waals surface area contributed by atoms with Crippen molar-refractivity contribution in [2.75, 3.05) is 0 Å². The first-order valence-electron chi connectivity index (χ1n) is 10.0. The maximum absolute atomic E-state index is 12.6. The highest BCUT2D eigenvalue weighted by Gasteiger charge is 2.30. The Morgan fingerprint density at radius 1 is 1.16 bits per heavy atom. The number of fused-ring (bicyclic) bond motifs is 1. The van der Waals surface area contributed by atoms with Crippen LogP contribution in [0, 0.1) is 0 Å². The highest BCUT2D eigenvalue weighted by molar-refractivity contribution is 5.95. The van der Waals surface area contributed by atoms with Gasteiger partial charge in [-0.2, -0.15) is 0 Å². The van der Waals surface area contributed by atoms with E-state index in [1.54, 1.807) is 23.0 Å². The molecule has 9 nitrogen and oxygen atoms in total. The van der Waals surface area contributed by atoms with Crippen molar-refractivity contribution in [3.8, 4) is 5.69 Å². The van der Waals surface area contributed by atoms with Crippen LogP contribution in [-0.4, -0.2) is 38.9 Å². The summed E-state index contributed by atoms with van der Waals surface area (Å²) in [5.74, 6) is -1.12. The van der Waals surface area contributed by atoms with E-state index in [-0.39, 0.29) is 24.9 Å². The van der Waals surface area contributed by atoms with Crippen molar-refractivity contribution in [1.29, 1.82) is 0 Å². The van der Waals surface area contributed by atoms with Crippen LogP contribution >= 0.6 is 0 Å². The smallest absolute Gasteiger partial charge is 0.339 e. The van der Waals surface area contributed by atoms with Gasteiger partial charge in [-0.25, -0.2) is 9.48 Å². The summed E-state index contributed by atoms with van der Waals surface area (Å²) in [6.45, 7) is 3.90. The first-order valence-corrected chi connectivity index (χ1v) is 10.0. The largest absolute Gasteiger partial charge is 0.448 e. The predicted molar refractivity (Wildman–Crippen MR) is 115 cm³/mol. The van der Waals surface area contributed by atoms with Gasteiger partial charge in [0.15, 0.2) is 6.10 Å². The lowest BCUT2D eigenvalue weighted by molar-refractivity contribution is -0.130. The number of carbonyl (C=O) groups excluding carboxylic acids is 3. The van der Waals surface area contributed by atoms with E-state index in [1.807, 2.05) is 36.4 Å². The SMILES string of the molecule is C=CC(=O)NCc1cn(-c2cccc(CNC(=O)C3Cc4ccccc4C(=O)O3)c2)nn1. The summed E-state index contributed by atoms with van der Waals surface area (Å²) >= 11 is 0. The molecule has 0 spiro atoms. The van der Waals surface area contributed by atoms with Crippen LogP contribution in [0.4, 0.5) is 0 Å². The van der Waals surface area contributed by atoms with Crippen molar-refractivity contribution in [2.24, 2.45) is 0 Å². The van der Waals surface area contributed by atoms with Gasteiger partial charge in [-0.05, 0) is 35.4 Å². The number of hydrogen-bond acceptors (Lipinski definition) is 6. The maximum Gasteiger partial charge on any atom is 0.339 e. The third-order valence-electron chi connectivity index (χ3n) is 5.00. The van der Waals surface area contributed by atoms with Gasteiger partial charge in [0.25, 0.3) is 5.91 Å². The molecule has 1 aliphatic rings.